The lowest BCUT2D eigenvalue weighted by Gasteiger charge is -2.21. The maximum atomic E-state index is 12.4. The third-order valence-electron chi connectivity index (χ3n) is 3.85. The Balaban J connectivity index is 2.90. The molecule has 8 nitrogen and oxygen atoms in total. The number of nitrogens with one attached hydrogen (secondary N) is 1. The van der Waals surface area contributed by atoms with E-state index in [-0.39, 0.29) is 24.3 Å². The summed E-state index contributed by atoms with van der Waals surface area (Å²) in [5.41, 5.74) is 6.30. The number of nitrogens with two attached hydrogens (primary N) is 1. The summed E-state index contributed by atoms with van der Waals surface area (Å²) in [7, 11) is 6.09. The molecule has 1 rings (SSSR count). The molecule has 2 amide bonds. The predicted octanol–water partition coefficient (Wildman–Crippen LogP) is 0.775. The Labute approximate surface area is 148 Å². The van der Waals surface area contributed by atoms with Crippen LogP contribution in [-0.2, 0) is 9.59 Å². The fourth-order valence-electron chi connectivity index (χ4n) is 2.11. The van der Waals surface area contributed by atoms with Gasteiger partial charge in [0.1, 0.15) is 0 Å². The van der Waals surface area contributed by atoms with Crippen molar-refractivity contribution in [3.05, 3.63) is 12.1 Å². The number of nitrogens with zero attached hydrogens (tertiary/aromatic N) is 1. The lowest BCUT2D eigenvalue weighted by Crippen LogP contribution is -2.47. The van der Waals surface area contributed by atoms with Crippen molar-refractivity contribution in [1.82, 2.24) is 5.32 Å². The average molecular weight is 353 g/mol. The zero-order valence-electron chi connectivity index (χ0n) is 15.6. The molecule has 0 radical (unpaired) electrons. The smallest absolute Gasteiger partial charge is 0.246 e. The van der Waals surface area contributed by atoms with Crippen LogP contribution in [0.15, 0.2) is 12.1 Å². The Kier molecular flexibility index (Phi) is 7.50. The lowest BCUT2D eigenvalue weighted by atomic mass is 10.1. The molecule has 3 N–H and O–H groups in total. The molecule has 0 saturated heterocycles. The predicted molar refractivity (Wildman–Crippen MR) is 95.3 cm³/mol. The lowest BCUT2D eigenvalue weighted by molar-refractivity contribution is -0.126. The largest absolute Gasteiger partial charge is 0.493 e. The molecular formula is C17H27N3O5. The van der Waals surface area contributed by atoms with E-state index in [2.05, 4.69) is 5.32 Å². The van der Waals surface area contributed by atoms with Crippen molar-refractivity contribution in [3.63, 3.8) is 0 Å². The number of rotatable bonds is 8. The Hall–Kier alpha value is -2.48. The maximum absolute atomic E-state index is 12.4. The molecule has 25 heavy (non-hydrogen) atoms. The van der Waals surface area contributed by atoms with Gasteiger partial charge in [-0.25, -0.2) is 0 Å². The first-order valence-electron chi connectivity index (χ1n) is 7.86. The summed E-state index contributed by atoms with van der Waals surface area (Å²) in [6.45, 7) is 3.52. The minimum Gasteiger partial charge on any atom is -0.493 e. The first-order chi connectivity index (χ1) is 11.8. The van der Waals surface area contributed by atoms with Gasteiger partial charge in [0.15, 0.2) is 11.5 Å². The van der Waals surface area contributed by atoms with Gasteiger partial charge in [-0.2, -0.15) is 0 Å². The van der Waals surface area contributed by atoms with Gasteiger partial charge in [0.05, 0.1) is 39.6 Å². The third-order valence-corrected chi connectivity index (χ3v) is 3.85. The van der Waals surface area contributed by atoms with Crippen LogP contribution in [-0.4, -0.2) is 52.8 Å². The van der Waals surface area contributed by atoms with E-state index in [1.54, 1.807) is 19.2 Å². The molecule has 1 atom stereocenters. The van der Waals surface area contributed by atoms with Gasteiger partial charge in [-0.15, -0.1) is 0 Å². The van der Waals surface area contributed by atoms with E-state index in [0.717, 1.165) is 0 Å². The monoisotopic (exact) mass is 353 g/mol. The van der Waals surface area contributed by atoms with E-state index in [9.17, 15) is 9.59 Å². The highest BCUT2D eigenvalue weighted by atomic mass is 16.5. The first kappa shape index (κ1) is 20.6. The van der Waals surface area contributed by atoms with Gasteiger partial charge in [-0.05, 0) is 5.92 Å². The average Bonchev–Trinajstić information content (AvgIpc) is 2.62. The standard InChI is InChI=1S/C17H27N3O5/c1-10(2)15(18)17(22)19-9-14(21)20(3)11-7-12(23-4)16(25-6)13(8-11)24-5/h7-8,10,15H,9,18H2,1-6H3,(H,19,22)/t15-/m0/s1. The zero-order chi connectivity index (χ0) is 19.1. The summed E-state index contributed by atoms with van der Waals surface area (Å²) in [4.78, 5) is 25.6. The van der Waals surface area contributed by atoms with Crippen molar-refractivity contribution in [2.45, 2.75) is 19.9 Å². The van der Waals surface area contributed by atoms with E-state index >= 15 is 0 Å². The normalized spacial score (nSPS) is 11.7. The number of hydrogen-bond donors (Lipinski definition) is 2. The van der Waals surface area contributed by atoms with Gasteiger partial charge in [0, 0.05) is 19.2 Å². The van der Waals surface area contributed by atoms with Gasteiger partial charge >= 0.3 is 0 Å². The highest BCUT2D eigenvalue weighted by Gasteiger charge is 2.21. The van der Waals surface area contributed by atoms with Crippen LogP contribution in [0.4, 0.5) is 5.69 Å². The quantitative estimate of drug-likeness (QED) is 0.716. The second-order valence-corrected chi connectivity index (χ2v) is 5.82. The molecule has 0 heterocycles. The van der Waals surface area contributed by atoms with Crippen molar-refractivity contribution in [3.8, 4) is 17.2 Å². The number of ether oxygens (including phenoxy) is 3. The van der Waals surface area contributed by atoms with Gasteiger partial charge in [-0.3, -0.25) is 9.59 Å². The summed E-state index contributed by atoms with van der Waals surface area (Å²) in [5.74, 6) is 0.624. The fraction of sp³-hybridized carbons (Fsp3) is 0.529. The van der Waals surface area contributed by atoms with E-state index in [0.29, 0.717) is 22.9 Å². The highest BCUT2D eigenvalue weighted by molar-refractivity contribution is 5.97. The second-order valence-electron chi connectivity index (χ2n) is 5.82. The molecule has 0 unspecified atom stereocenters. The Morgan fingerprint density at radius 3 is 2.04 bits per heavy atom. The van der Waals surface area contributed by atoms with Crippen molar-refractivity contribution >= 4 is 17.5 Å². The second kappa shape index (κ2) is 9.12. The SMILES string of the molecule is COc1cc(N(C)C(=O)CNC(=O)[C@@H](N)C(C)C)cc(OC)c1OC. The summed E-state index contributed by atoms with van der Waals surface area (Å²) < 4.78 is 15.8. The minimum absolute atomic E-state index is 0.0112. The Morgan fingerprint density at radius 1 is 1.12 bits per heavy atom. The van der Waals surface area contributed by atoms with Crippen LogP contribution in [0.3, 0.4) is 0 Å². The summed E-state index contributed by atoms with van der Waals surface area (Å²) in [5, 5.41) is 2.55. The van der Waals surface area contributed by atoms with Crippen LogP contribution < -0.4 is 30.2 Å². The van der Waals surface area contributed by atoms with Gasteiger partial charge in [0.2, 0.25) is 17.6 Å². The van der Waals surface area contributed by atoms with E-state index < -0.39 is 6.04 Å². The highest BCUT2D eigenvalue weighted by Crippen LogP contribution is 2.40. The molecule has 0 aromatic heterocycles. The van der Waals surface area contributed by atoms with Crippen molar-refractivity contribution in [2.75, 3.05) is 39.8 Å². The number of carbonyl (C=O) groups excluding carboxylic acids is 2. The van der Waals surface area contributed by atoms with Crippen LogP contribution in [0.2, 0.25) is 0 Å². The number of methoxy groups -OCH3 is 3. The molecule has 8 heteroatoms. The van der Waals surface area contributed by atoms with Crippen molar-refractivity contribution in [1.29, 1.82) is 0 Å². The molecule has 0 spiro atoms. The molecule has 1 aromatic rings. The number of carbonyl (C=O) groups is 2. The Morgan fingerprint density at radius 2 is 1.64 bits per heavy atom. The topological polar surface area (TPSA) is 103 Å². The number of benzene rings is 1. The molecule has 0 fully saturated rings. The van der Waals surface area contributed by atoms with Crippen LogP contribution in [0.5, 0.6) is 17.2 Å². The number of amides is 2. The summed E-state index contributed by atoms with van der Waals surface area (Å²) in [6.07, 6.45) is 0. The Bertz CT molecular complexity index is 593. The maximum Gasteiger partial charge on any atom is 0.246 e. The molecule has 0 aliphatic carbocycles. The molecule has 1 aromatic carbocycles. The minimum atomic E-state index is -0.653. The van der Waals surface area contributed by atoms with E-state index in [1.165, 1.54) is 26.2 Å². The van der Waals surface area contributed by atoms with Crippen molar-refractivity contribution < 1.29 is 23.8 Å². The number of hydrogen-bond acceptors (Lipinski definition) is 6. The molecule has 0 aliphatic heterocycles. The van der Waals surface area contributed by atoms with Crippen LogP contribution in [0, 0.1) is 5.92 Å². The van der Waals surface area contributed by atoms with E-state index in [4.69, 9.17) is 19.9 Å². The van der Waals surface area contributed by atoms with Crippen LogP contribution >= 0.6 is 0 Å². The van der Waals surface area contributed by atoms with Gasteiger partial charge in [-0.1, -0.05) is 13.8 Å². The van der Waals surface area contributed by atoms with Crippen LogP contribution in [0.25, 0.3) is 0 Å². The summed E-state index contributed by atoms with van der Waals surface area (Å²) >= 11 is 0. The third kappa shape index (κ3) is 4.99. The van der Waals surface area contributed by atoms with E-state index in [1.807, 2.05) is 13.8 Å². The molecule has 0 bridgehead atoms. The van der Waals surface area contributed by atoms with Crippen molar-refractivity contribution in [2.24, 2.45) is 11.7 Å². The van der Waals surface area contributed by atoms with Gasteiger partial charge < -0.3 is 30.2 Å². The number of likely N-dealkylation sites (N-methyl/N-ethyl adjacent to an activating group) is 1. The van der Waals surface area contributed by atoms with Gasteiger partial charge in [0.25, 0.3) is 0 Å². The zero-order valence-corrected chi connectivity index (χ0v) is 15.6. The molecule has 140 valence electrons. The molecule has 0 aliphatic rings. The van der Waals surface area contributed by atoms with Crippen LogP contribution in [0.1, 0.15) is 13.8 Å². The molecular weight excluding hydrogens is 326 g/mol. The fourth-order valence-corrected chi connectivity index (χ4v) is 2.11. The first-order valence-corrected chi connectivity index (χ1v) is 7.86. The molecule has 0 saturated carbocycles. The summed E-state index contributed by atoms with van der Waals surface area (Å²) in [6, 6.07) is 2.65. The number of anilines is 1.